The highest BCUT2D eigenvalue weighted by atomic mass is 32.2. The molecule has 3 heterocycles. The average molecular weight is 925 g/mol. The van der Waals surface area contributed by atoms with E-state index >= 15 is 0 Å². The number of rotatable bonds is 14. The van der Waals surface area contributed by atoms with Crippen molar-refractivity contribution < 1.29 is 55.6 Å². The van der Waals surface area contributed by atoms with Crippen LogP contribution in [0.5, 0.6) is 0 Å². The number of benzene rings is 4. The van der Waals surface area contributed by atoms with Crippen LogP contribution in [0.2, 0.25) is 0 Å². The zero-order valence-electron chi connectivity index (χ0n) is 36.0. The molecule has 0 spiro atoms. The average Bonchev–Trinajstić information content (AvgIpc) is 3.87. The summed E-state index contributed by atoms with van der Waals surface area (Å²) in [5.41, 5.74) is 2.98. The highest BCUT2D eigenvalue weighted by Crippen LogP contribution is 2.24. The third-order valence-corrected chi connectivity index (χ3v) is 10.7. The number of nitrogens with zero attached hydrogens (tertiary/aromatic N) is 4. The predicted molar refractivity (Wildman–Crippen MR) is 240 cm³/mol. The number of ether oxygens (including phenoxy) is 3. The van der Waals surface area contributed by atoms with Crippen LogP contribution < -0.4 is 20.4 Å². The first-order valence-corrected chi connectivity index (χ1v) is 22.5. The Morgan fingerprint density at radius 2 is 1.15 bits per heavy atom. The molecule has 3 fully saturated rings. The van der Waals surface area contributed by atoms with Crippen LogP contribution in [-0.2, 0) is 38.1 Å². The maximum Gasteiger partial charge on any atom is 0.414 e. The van der Waals surface area contributed by atoms with Crippen LogP contribution in [-0.4, -0.2) is 143 Å². The number of hydrogen-bond acceptors (Lipinski definition) is 15. The minimum Gasteiger partial charge on any atom is -0.465 e. The first kappa shape index (κ1) is 48.0. The van der Waals surface area contributed by atoms with E-state index in [2.05, 4.69) is 14.8 Å². The molecule has 0 aliphatic carbocycles. The van der Waals surface area contributed by atoms with Crippen molar-refractivity contribution in [3.05, 3.63) is 131 Å². The van der Waals surface area contributed by atoms with Gasteiger partial charge in [0.05, 0.1) is 32.5 Å². The van der Waals surface area contributed by atoms with Crippen molar-refractivity contribution in [2.24, 2.45) is 0 Å². The van der Waals surface area contributed by atoms with E-state index in [0.717, 1.165) is 6.26 Å². The van der Waals surface area contributed by atoms with E-state index in [1.807, 2.05) is 11.0 Å². The molecule has 3 aliphatic heterocycles. The van der Waals surface area contributed by atoms with E-state index in [9.17, 15) is 37.2 Å². The van der Waals surface area contributed by atoms with Crippen LogP contribution in [0.15, 0.2) is 109 Å². The van der Waals surface area contributed by atoms with E-state index < -0.39 is 46.4 Å². The van der Waals surface area contributed by atoms with Gasteiger partial charge in [-0.15, -0.1) is 0 Å². The lowest BCUT2D eigenvalue weighted by Gasteiger charge is -2.34. The topological polar surface area (TPSA) is 258 Å². The Kier molecular flexibility index (Phi) is 15.9. The number of nitrogens with one attached hydrogen (secondary N) is 4. The van der Waals surface area contributed by atoms with Gasteiger partial charge in [0.25, 0.3) is 21.9 Å². The molecule has 0 saturated carbocycles. The van der Waals surface area contributed by atoms with E-state index in [-0.39, 0.29) is 56.3 Å². The van der Waals surface area contributed by atoms with Gasteiger partial charge in [-0.3, -0.25) is 48.9 Å². The van der Waals surface area contributed by atoms with Gasteiger partial charge in [-0.2, -0.15) is 8.42 Å². The van der Waals surface area contributed by atoms with Crippen LogP contribution in [0.1, 0.15) is 38.8 Å². The maximum absolute atomic E-state index is 12.5. The van der Waals surface area contributed by atoms with Gasteiger partial charge in [0.15, 0.2) is 0 Å². The Hall–Kier alpha value is -7.49. The molecule has 20 nitrogen and oxygen atoms in total. The number of carbonyl (C=O) groups is 6. The molecule has 4 aromatic carbocycles. The maximum atomic E-state index is 12.5. The largest absolute Gasteiger partial charge is 0.465 e. The molecule has 0 bridgehead atoms. The Bertz CT molecular complexity index is 2550. The zero-order valence-corrected chi connectivity index (χ0v) is 36.8. The minimum absolute atomic E-state index is 0.0472. The number of hydrogen-bond donors (Lipinski definition) is 4. The van der Waals surface area contributed by atoms with Gasteiger partial charge >= 0.3 is 18.2 Å². The van der Waals surface area contributed by atoms with Crippen molar-refractivity contribution in [1.29, 1.82) is 10.8 Å². The van der Waals surface area contributed by atoms with Crippen LogP contribution in [0.3, 0.4) is 0 Å². The van der Waals surface area contributed by atoms with Gasteiger partial charge in [0.2, 0.25) is 5.91 Å². The van der Waals surface area contributed by atoms with Crippen LogP contribution in [0.4, 0.5) is 21.0 Å². The second-order valence-electron chi connectivity index (χ2n) is 15.1. The second kappa shape index (κ2) is 21.9. The lowest BCUT2D eigenvalue weighted by molar-refractivity contribution is -0.151. The molecule has 7 rings (SSSR count). The van der Waals surface area contributed by atoms with E-state index in [4.69, 9.17) is 25.0 Å². The summed E-state index contributed by atoms with van der Waals surface area (Å²) in [6.45, 7) is 3.62. The Balaban J connectivity index is 0.000000225. The molecule has 2 atom stereocenters. The van der Waals surface area contributed by atoms with Crippen LogP contribution >= 0.6 is 0 Å². The Morgan fingerprint density at radius 3 is 1.61 bits per heavy atom. The van der Waals surface area contributed by atoms with Gasteiger partial charge in [0, 0.05) is 53.3 Å². The molecular weight excluding hydrogens is 877 g/mol. The second-order valence-corrected chi connectivity index (χ2v) is 16.7. The van der Waals surface area contributed by atoms with Crippen LogP contribution in [0.25, 0.3) is 0 Å². The number of piperazine rings is 1. The quantitative estimate of drug-likeness (QED) is 0.0467. The first-order chi connectivity index (χ1) is 31.6. The van der Waals surface area contributed by atoms with Crippen molar-refractivity contribution in [1.82, 2.24) is 20.4 Å². The van der Waals surface area contributed by atoms with Gasteiger partial charge in [-0.25, -0.2) is 9.59 Å². The highest BCUT2D eigenvalue weighted by Gasteiger charge is 2.36. The Morgan fingerprint density at radius 1 is 0.682 bits per heavy atom. The van der Waals surface area contributed by atoms with Gasteiger partial charge in [0.1, 0.15) is 37.0 Å². The fourth-order valence-corrected chi connectivity index (χ4v) is 7.29. The minimum atomic E-state index is -3.62. The van der Waals surface area contributed by atoms with Crippen molar-refractivity contribution in [3.63, 3.8) is 0 Å². The molecule has 66 heavy (non-hydrogen) atoms. The van der Waals surface area contributed by atoms with Gasteiger partial charge < -0.3 is 29.7 Å². The molecular formula is C45H48N8O12S. The molecule has 4 aromatic rings. The molecule has 3 aliphatic rings. The fraction of sp³-hybridized carbons (Fsp3) is 0.289. The Labute approximate surface area is 380 Å². The number of amides is 5. The summed E-state index contributed by atoms with van der Waals surface area (Å²) in [4.78, 5) is 79.3. The van der Waals surface area contributed by atoms with Gasteiger partial charge in [-0.1, -0.05) is 36.4 Å². The summed E-state index contributed by atoms with van der Waals surface area (Å²) in [6, 6.07) is 30.3. The third-order valence-electron chi connectivity index (χ3n) is 10.2. The molecule has 346 valence electrons. The van der Waals surface area contributed by atoms with Gasteiger partial charge in [-0.05, 0) is 79.7 Å². The third kappa shape index (κ3) is 13.3. The van der Waals surface area contributed by atoms with Crippen molar-refractivity contribution in [3.8, 4) is 0 Å². The van der Waals surface area contributed by atoms with Crippen molar-refractivity contribution >= 4 is 69.0 Å². The summed E-state index contributed by atoms with van der Waals surface area (Å²) in [6.07, 6.45) is -1.31. The predicted octanol–water partition coefficient (Wildman–Crippen LogP) is 3.22. The first-order valence-electron chi connectivity index (χ1n) is 20.6. The monoisotopic (exact) mass is 924 g/mol. The summed E-state index contributed by atoms with van der Waals surface area (Å²) >= 11 is 0. The molecule has 21 heteroatoms. The van der Waals surface area contributed by atoms with Crippen molar-refractivity contribution in [2.45, 2.75) is 19.1 Å². The standard InChI is InChI=1S/C26H29N5O6.C19H19N3O6S/c1-2-36-23(33)17-30-13-12-29(16-22(30)32)14-21-15-31(26(35)37-21)20-10-8-18(9-11-20)24(27)28-25(34)19-6-4-3-5-7-19;1-29(25,26)27-12-16-11-22(19(24)28-16)15-9-7-13(8-10-15)17(20)21-18(23)14-5-3-2-4-6-14/h3-11,21H,2,12-17H2,1H3,(H2,27,28,34);2-10,16H,11-12H2,1H3,(H2,20,21,23). The smallest absolute Gasteiger partial charge is 0.414 e. The fourth-order valence-electron chi connectivity index (χ4n) is 6.89. The summed E-state index contributed by atoms with van der Waals surface area (Å²) in [7, 11) is -3.62. The normalized spacial score (nSPS) is 17.2. The summed E-state index contributed by atoms with van der Waals surface area (Å²) in [5, 5.41) is 21.3. The number of anilines is 2. The lowest BCUT2D eigenvalue weighted by atomic mass is 10.1. The van der Waals surface area contributed by atoms with Crippen molar-refractivity contribution in [2.75, 3.05) is 75.1 Å². The van der Waals surface area contributed by atoms with Crippen LogP contribution in [0, 0.1) is 10.8 Å². The highest BCUT2D eigenvalue weighted by molar-refractivity contribution is 7.86. The number of carbonyl (C=O) groups excluding carboxylic acids is 6. The molecule has 0 aromatic heterocycles. The van der Waals surface area contributed by atoms with E-state index in [0.29, 0.717) is 59.8 Å². The lowest BCUT2D eigenvalue weighted by Crippen LogP contribution is -2.53. The molecule has 3 saturated heterocycles. The summed E-state index contributed by atoms with van der Waals surface area (Å²) < 4.78 is 42.3. The number of amidine groups is 2. The zero-order chi connectivity index (χ0) is 47.4. The summed E-state index contributed by atoms with van der Waals surface area (Å²) in [5.74, 6) is -1.48. The molecule has 0 radical (unpaired) electrons. The number of cyclic esters (lactones) is 2. The molecule has 4 N–H and O–H groups in total. The molecule has 2 unspecified atom stereocenters. The van der Waals surface area contributed by atoms with E-state index in [1.165, 1.54) is 14.7 Å². The SMILES string of the molecule is CCOC(=O)CN1CCN(CC2CN(c3ccc(C(=N)NC(=O)c4ccccc4)cc3)C(=O)O2)CC1=O.CS(=O)(=O)OCC1CN(c2ccc(C(=N)NC(=O)c3ccccc3)cc2)C(=O)O1. The van der Waals surface area contributed by atoms with E-state index in [1.54, 1.807) is 110 Å². The number of esters is 1. The molecule has 5 amide bonds.